The second-order valence-corrected chi connectivity index (χ2v) is 5.65. The number of nitrogens with zero attached hydrogens (tertiary/aromatic N) is 2. The zero-order chi connectivity index (χ0) is 14.9. The Morgan fingerprint density at radius 2 is 2.20 bits per heavy atom. The third kappa shape index (κ3) is 2.76. The molecule has 0 atom stereocenters. The minimum atomic E-state index is -0.544. The van der Waals surface area contributed by atoms with Crippen molar-refractivity contribution in [2.45, 2.75) is 19.4 Å². The van der Waals surface area contributed by atoms with Gasteiger partial charge < -0.3 is 9.64 Å². The smallest absolute Gasteiger partial charge is 0.270 e. The van der Waals surface area contributed by atoms with Crippen LogP contribution in [0.3, 0.4) is 0 Å². The van der Waals surface area contributed by atoms with Crippen molar-refractivity contribution in [1.82, 2.24) is 4.90 Å². The number of nitro groups is 1. The number of nitro benzene ring substituents is 1. The molecule has 1 aliphatic rings. The van der Waals surface area contributed by atoms with Crippen LogP contribution in [0.2, 0.25) is 5.02 Å². The summed E-state index contributed by atoms with van der Waals surface area (Å²) < 4.78 is 5.36. The number of carbonyl (C=O) groups excluding carboxylic acids is 1. The molecule has 6 nitrogen and oxygen atoms in total. The Kier molecular flexibility index (Phi) is 3.96. The topological polar surface area (TPSA) is 72.7 Å². The van der Waals surface area contributed by atoms with Crippen molar-refractivity contribution in [1.29, 1.82) is 0 Å². The lowest BCUT2D eigenvalue weighted by atomic mass is 10.0. The van der Waals surface area contributed by atoms with E-state index in [9.17, 15) is 14.9 Å². The largest absolute Gasteiger partial charge is 0.377 e. The predicted octanol–water partition coefficient (Wildman–Crippen LogP) is 2.50. The van der Waals surface area contributed by atoms with Gasteiger partial charge >= 0.3 is 0 Å². The van der Waals surface area contributed by atoms with Crippen molar-refractivity contribution in [2.24, 2.45) is 0 Å². The molecule has 20 heavy (non-hydrogen) atoms. The highest BCUT2D eigenvalue weighted by molar-refractivity contribution is 6.34. The maximum Gasteiger partial charge on any atom is 0.270 e. The molecule has 108 valence electrons. The van der Waals surface area contributed by atoms with Crippen LogP contribution in [-0.2, 0) is 4.74 Å². The molecule has 0 radical (unpaired) electrons. The van der Waals surface area contributed by atoms with Crippen LogP contribution in [-0.4, -0.2) is 41.0 Å². The van der Waals surface area contributed by atoms with Crippen LogP contribution in [0.1, 0.15) is 24.2 Å². The summed E-state index contributed by atoms with van der Waals surface area (Å²) >= 11 is 6.01. The number of rotatable bonds is 2. The van der Waals surface area contributed by atoms with E-state index < -0.39 is 10.5 Å². The number of amides is 1. The number of ether oxygens (including phenoxy) is 1. The van der Waals surface area contributed by atoms with Gasteiger partial charge in [0.15, 0.2) is 0 Å². The molecule has 0 N–H and O–H groups in total. The first-order valence-corrected chi connectivity index (χ1v) is 6.54. The van der Waals surface area contributed by atoms with E-state index in [-0.39, 0.29) is 22.2 Å². The molecule has 7 heteroatoms. The molecule has 1 aromatic carbocycles. The van der Waals surface area contributed by atoms with Crippen molar-refractivity contribution < 1.29 is 14.5 Å². The van der Waals surface area contributed by atoms with Gasteiger partial charge in [0.05, 0.1) is 34.3 Å². The number of carbonyl (C=O) groups is 1. The fraction of sp³-hybridized carbons (Fsp3) is 0.462. The molecule has 2 rings (SSSR count). The zero-order valence-electron chi connectivity index (χ0n) is 11.3. The lowest BCUT2D eigenvalue weighted by Gasteiger charge is -2.42. The van der Waals surface area contributed by atoms with Crippen LogP contribution < -0.4 is 0 Å². The molecule has 1 fully saturated rings. The second-order valence-electron chi connectivity index (χ2n) is 5.24. The fourth-order valence-electron chi connectivity index (χ4n) is 2.17. The molecule has 0 aromatic heterocycles. The maximum atomic E-state index is 12.6. The number of halogens is 1. The highest BCUT2D eigenvalue weighted by Gasteiger charge is 2.35. The summed E-state index contributed by atoms with van der Waals surface area (Å²) in [6.45, 7) is 5.07. The summed E-state index contributed by atoms with van der Waals surface area (Å²) in [5, 5.41) is 11.0. The maximum absolute atomic E-state index is 12.6. The van der Waals surface area contributed by atoms with Crippen molar-refractivity contribution >= 4 is 23.2 Å². The first-order chi connectivity index (χ1) is 9.33. The van der Waals surface area contributed by atoms with Crippen molar-refractivity contribution in [3.8, 4) is 0 Å². The molecule has 1 heterocycles. The van der Waals surface area contributed by atoms with Gasteiger partial charge in [-0.05, 0) is 19.9 Å². The minimum absolute atomic E-state index is 0.149. The van der Waals surface area contributed by atoms with E-state index in [1.165, 1.54) is 18.2 Å². The van der Waals surface area contributed by atoms with Gasteiger partial charge in [-0.2, -0.15) is 0 Å². The second kappa shape index (κ2) is 5.38. The van der Waals surface area contributed by atoms with E-state index in [1.54, 1.807) is 4.90 Å². The van der Waals surface area contributed by atoms with Gasteiger partial charge in [-0.15, -0.1) is 0 Å². The number of hydrogen-bond donors (Lipinski definition) is 0. The lowest BCUT2D eigenvalue weighted by Crippen LogP contribution is -2.55. The number of benzene rings is 1. The molecule has 0 aliphatic carbocycles. The predicted molar refractivity (Wildman–Crippen MR) is 74.0 cm³/mol. The zero-order valence-corrected chi connectivity index (χ0v) is 12.0. The fourth-order valence-corrected chi connectivity index (χ4v) is 2.37. The van der Waals surface area contributed by atoms with Gasteiger partial charge in [0, 0.05) is 18.7 Å². The molecular weight excluding hydrogens is 284 g/mol. The standard InChI is InChI=1S/C13H15ClN2O4/c1-13(2)8-20-6-5-15(13)12(17)10-7-9(16(18)19)3-4-11(10)14/h3-4,7H,5-6,8H2,1-2H3. The molecule has 1 aromatic rings. The van der Waals surface area contributed by atoms with Gasteiger partial charge in [0.1, 0.15) is 0 Å². The molecule has 0 unspecified atom stereocenters. The van der Waals surface area contributed by atoms with E-state index in [0.717, 1.165) is 0 Å². The Morgan fingerprint density at radius 1 is 1.50 bits per heavy atom. The molecule has 1 aliphatic heterocycles. The third-order valence-corrected chi connectivity index (χ3v) is 3.61. The van der Waals surface area contributed by atoms with E-state index >= 15 is 0 Å². The highest BCUT2D eigenvalue weighted by Crippen LogP contribution is 2.27. The third-order valence-electron chi connectivity index (χ3n) is 3.28. The monoisotopic (exact) mass is 298 g/mol. The summed E-state index contributed by atoms with van der Waals surface area (Å²) in [5.41, 5.74) is -0.469. The van der Waals surface area contributed by atoms with Crippen molar-refractivity contribution in [2.75, 3.05) is 19.8 Å². The molecular formula is C13H15ClN2O4. The Labute approximate surface area is 121 Å². The van der Waals surface area contributed by atoms with Gasteiger partial charge in [-0.1, -0.05) is 11.6 Å². The van der Waals surface area contributed by atoms with Crippen LogP contribution in [0.15, 0.2) is 18.2 Å². The van der Waals surface area contributed by atoms with E-state index in [0.29, 0.717) is 19.8 Å². The minimum Gasteiger partial charge on any atom is -0.377 e. The number of non-ortho nitro benzene ring substituents is 1. The number of hydrogen-bond acceptors (Lipinski definition) is 4. The van der Waals surface area contributed by atoms with E-state index in [1.807, 2.05) is 13.8 Å². The van der Waals surface area contributed by atoms with Gasteiger partial charge in [0.2, 0.25) is 0 Å². The first kappa shape index (κ1) is 14.7. The molecule has 0 saturated carbocycles. The summed E-state index contributed by atoms with van der Waals surface area (Å²) in [6.07, 6.45) is 0. The molecule has 0 spiro atoms. The van der Waals surface area contributed by atoms with Crippen LogP contribution in [0.4, 0.5) is 5.69 Å². The average molecular weight is 299 g/mol. The van der Waals surface area contributed by atoms with E-state index in [4.69, 9.17) is 16.3 Å². The summed E-state index contributed by atoms with van der Waals surface area (Å²) in [5.74, 6) is -0.313. The van der Waals surface area contributed by atoms with Crippen LogP contribution in [0.25, 0.3) is 0 Å². The van der Waals surface area contributed by atoms with Crippen molar-refractivity contribution in [3.05, 3.63) is 38.9 Å². The first-order valence-electron chi connectivity index (χ1n) is 6.16. The Hall–Kier alpha value is -1.66. The Bertz CT molecular complexity index is 559. The summed E-state index contributed by atoms with van der Waals surface area (Å²) in [4.78, 5) is 24.5. The lowest BCUT2D eigenvalue weighted by molar-refractivity contribution is -0.384. The SMILES string of the molecule is CC1(C)COCCN1C(=O)c1cc([N+](=O)[O-])ccc1Cl. The van der Waals surface area contributed by atoms with Gasteiger partial charge in [0.25, 0.3) is 11.6 Å². The number of morpholine rings is 1. The Balaban J connectivity index is 2.37. The van der Waals surface area contributed by atoms with Crippen LogP contribution in [0.5, 0.6) is 0 Å². The summed E-state index contributed by atoms with van der Waals surface area (Å²) in [6, 6.07) is 3.88. The van der Waals surface area contributed by atoms with Crippen molar-refractivity contribution in [3.63, 3.8) is 0 Å². The Morgan fingerprint density at radius 3 is 2.80 bits per heavy atom. The normalized spacial score (nSPS) is 17.9. The van der Waals surface area contributed by atoms with Gasteiger partial charge in [-0.3, -0.25) is 14.9 Å². The average Bonchev–Trinajstić information content (AvgIpc) is 2.37. The highest BCUT2D eigenvalue weighted by atomic mass is 35.5. The van der Waals surface area contributed by atoms with E-state index in [2.05, 4.69) is 0 Å². The van der Waals surface area contributed by atoms with Crippen LogP contribution >= 0.6 is 11.6 Å². The molecule has 1 saturated heterocycles. The molecule has 0 bridgehead atoms. The molecule has 1 amide bonds. The summed E-state index contributed by atoms with van der Waals surface area (Å²) in [7, 11) is 0. The quantitative estimate of drug-likeness (QED) is 0.621. The van der Waals surface area contributed by atoms with Gasteiger partial charge in [-0.25, -0.2) is 0 Å². The van der Waals surface area contributed by atoms with Crippen LogP contribution in [0, 0.1) is 10.1 Å².